The molecule has 5 rings (SSSR count). The molecule has 9 nitrogen and oxygen atoms in total. The van der Waals surface area contributed by atoms with Crippen LogP contribution in [0.15, 0.2) is 79.0 Å². The van der Waals surface area contributed by atoms with Gasteiger partial charge in [-0.3, -0.25) is 9.59 Å². The number of amides is 1. The number of likely N-dealkylation sites (tertiary alicyclic amines) is 1. The number of nitrogens with zero attached hydrogens (tertiary/aromatic N) is 2. The molecule has 3 aromatic carbocycles. The fourth-order valence-electron chi connectivity index (χ4n) is 5.60. The van der Waals surface area contributed by atoms with Crippen LogP contribution in [0, 0.1) is 5.92 Å². The molecular weight excluding hydrogens is 532 g/mol. The summed E-state index contributed by atoms with van der Waals surface area (Å²) in [5.41, 5.74) is 8.23. The van der Waals surface area contributed by atoms with E-state index >= 15 is 0 Å². The Morgan fingerprint density at radius 1 is 1.07 bits per heavy atom. The van der Waals surface area contributed by atoms with Gasteiger partial charge >= 0.3 is 5.97 Å². The van der Waals surface area contributed by atoms with E-state index in [4.69, 9.17) is 15.2 Å². The lowest BCUT2D eigenvalue weighted by Crippen LogP contribution is -2.39. The molecule has 2 heterocycles. The summed E-state index contributed by atoms with van der Waals surface area (Å²) in [7, 11) is 0. The maximum Gasteiger partial charge on any atom is 0.309 e. The lowest BCUT2D eigenvalue weighted by molar-refractivity contribution is -0.143. The Bertz CT molecular complexity index is 1580. The number of nitrogens with one attached hydrogen (secondary N) is 1. The van der Waals surface area contributed by atoms with Crippen molar-refractivity contribution < 1.29 is 24.2 Å². The summed E-state index contributed by atoms with van der Waals surface area (Å²) in [5.74, 6) is -0.319. The number of anilines is 2. The molecule has 1 fully saturated rings. The van der Waals surface area contributed by atoms with Crippen molar-refractivity contribution in [2.75, 3.05) is 24.2 Å². The number of ether oxygens (including phenoxy) is 2. The first-order chi connectivity index (χ1) is 20.3. The molecule has 1 amide bonds. The number of hydrogen-bond acceptors (Lipinski definition) is 7. The number of nitrogen functional groups attached to an aromatic ring is 1. The van der Waals surface area contributed by atoms with Crippen LogP contribution >= 0.6 is 0 Å². The van der Waals surface area contributed by atoms with Gasteiger partial charge in [-0.15, -0.1) is 0 Å². The van der Waals surface area contributed by atoms with Gasteiger partial charge in [-0.25, -0.2) is 4.98 Å². The Morgan fingerprint density at radius 3 is 2.57 bits per heavy atom. The quantitative estimate of drug-likeness (QED) is 0.218. The van der Waals surface area contributed by atoms with Crippen LogP contribution in [0.4, 0.5) is 11.5 Å². The smallest absolute Gasteiger partial charge is 0.309 e. The van der Waals surface area contributed by atoms with Gasteiger partial charge in [0, 0.05) is 23.8 Å². The normalized spacial score (nSPS) is 17.3. The van der Waals surface area contributed by atoms with E-state index < -0.39 is 24.0 Å². The van der Waals surface area contributed by atoms with Crippen LogP contribution in [0.2, 0.25) is 0 Å². The predicted molar refractivity (Wildman–Crippen MR) is 163 cm³/mol. The third-order valence-corrected chi connectivity index (χ3v) is 7.46. The largest absolute Gasteiger partial charge is 0.490 e. The van der Waals surface area contributed by atoms with Gasteiger partial charge in [0.05, 0.1) is 24.7 Å². The Hall–Kier alpha value is -4.79. The number of carbonyl (C=O) groups excluding carboxylic acids is 1. The molecule has 218 valence electrons. The van der Waals surface area contributed by atoms with Crippen molar-refractivity contribution in [3.63, 3.8) is 0 Å². The SMILES string of the molecule is CCOc1cc(C(Nc2ccc3c(N)nccc3c2)C(=O)N2CCC(C(=O)O)C2c2ccccc2)ccc1OC(C)C. The van der Waals surface area contributed by atoms with E-state index in [0.717, 1.165) is 16.3 Å². The van der Waals surface area contributed by atoms with Crippen LogP contribution in [0.1, 0.15) is 50.4 Å². The number of nitrogens with two attached hydrogens (primary N) is 1. The van der Waals surface area contributed by atoms with E-state index in [1.54, 1.807) is 11.1 Å². The van der Waals surface area contributed by atoms with E-state index in [2.05, 4.69) is 10.3 Å². The Labute approximate surface area is 245 Å². The number of aromatic nitrogens is 1. The molecule has 4 aromatic rings. The van der Waals surface area contributed by atoms with Crippen LogP contribution in [0.5, 0.6) is 11.5 Å². The van der Waals surface area contributed by atoms with Crippen LogP contribution in [0.25, 0.3) is 10.8 Å². The first kappa shape index (κ1) is 28.7. The van der Waals surface area contributed by atoms with Crippen molar-refractivity contribution in [2.24, 2.45) is 5.92 Å². The zero-order valence-electron chi connectivity index (χ0n) is 24.0. The summed E-state index contributed by atoms with van der Waals surface area (Å²) < 4.78 is 11.9. The zero-order chi connectivity index (χ0) is 29.8. The third-order valence-electron chi connectivity index (χ3n) is 7.46. The Morgan fingerprint density at radius 2 is 1.86 bits per heavy atom. The second-order valence-electron chi connectivity index (χ2n) is 10.6. The number of carboxylic acids is 1. The fraction of sp³-hybridized carbons (Fsp3) is 0.303. The van der Waals surface area contributed by atoms with E-state index in [-0.39, 0.29) is 12.0 Å². The Kier molecular flexibility index (Phi) is 8.47. The van der Waals surface area contributed by atoms with Crippen molar-refractivity contribution in [1.82, 2.24) is 9.88 Å². The predicted octanol–water partition coefficient (Wildman–Crippen LogP) is 5.83. The molecule has 0 aliphatic carbocycles. The molecular formula is C33H36N4O5. The van der Waals surface area contributed by atoms with E-state index in [1.165, 1.54) is 0 Å². The molecule has 9 heteroatoms. The summed E-state index contributed by atoms with van der Waals surface area (Å²) in [6.07, 6.45) is 1.95. The molecule has 3 atom stereocenters. The third kappa shape index (κ3) is 5.95. The van der Waals surface area contributed by atoms with Crippen LogP contribution in [-0.4, -0.2) is 46.1 Å². The number of benzene rings is 3. The first-order valence-corrected chi connectivity index (χ1v) is 14.2. The summed E-state index contributed by atoms with van der Waals surface area (Å²) in [5, 5.41) is 15.2. The van der Waals surface area contributed by atoms with Crippen molar-refractivity contribution >= 4 is 34.2 Å². The van der Waals surface area contributed by atoms with Crippen molar-refractivity contribution in [3.8, 4) is 11.5 Å². The van der Waals surface area contributed by atoms with E-state index in [0.29, 0.717) is 48.1 Å². The molecule has 3 unspecified atom stereocenters. The number of rotatable bonds is 10. The highest BCUT2D eigenvalue weighted by atomic mass is 16.5. The number of carbonyl (C=O) groups is 2. The number of aliphatic carboxylic acids is 1. The fourth-order valence-corrected chi connectivity index (χ4v) is 5.60. The summed E-state index contributed by atoms with van der Waals surface area (Å²) in [6.45, 7) is 6.51. The average Bonchev–Trinajstić information content (AvgIpc) is 3.43. The molecule has 4 N–H and O–H groups in total. The molecule has 0 saturated carbocycles. The monoisotopic (exact) mass is 568 g/mol. The minimum atomic E-state index is -0.918. The lowest BCUT2D eigenvalue weighted by atomic mass is 9.93. The second-order valence-corrected chi connectivity index (χ2v) is 10.6. The maximum absolute atomic E-state index is 14.5. The highest BCUT2D eigenvalue weighted by Crippen LogP contribution is 2.41. The highest BCUT2D eigenvalue weighted by Gasteiger charge is 2.44. The number of fused-ring (bicyclic) bond motifs is 1. The van der Waals surface area contributed by atoms with Gasteiger partial charge in [0.2, 0.25) is 5.91 Å². The molecule has 1 aromatic heterocycles. The van der Waals surface area contributed by atoms with Gasteiger partial charge < -0.3 is 30.5 Å². The maximum atomic E-state index is 14.5. The molecule has 1 aliphatic heterocycles. The lowest BCUT2D eigenvalue weighted by Gasteiger charge is -2.32. The van der Waals surface area contributed by atoms with Gasteiger partial charge in [-0.1, -0.05) is 36.4 Å². The zero-order valence-corrected chi connectivity index (χ0v) is 24.0. The van der Waals surface area contributed by atoms with Gasteiger partial charge in [0.1, 0.15) is 11.9 Å². The average molecular weight is 569 g/mol. The standard InChI is InChI=1S/C33H36N4O5/c1-4-41-28-19-23(10-13-27(28)42-20(2)3)29(36-24-11-12-25-22(18-24)14-16-35-31(25)34)32(38)37-17-15-26(33(39)40)30(37)21-8-6-5-7-9-21/h5-14,16,18-20,26,29-30,36H,4,15,17H2,1-3H3,(H2,34,35)(H,39,40). The molecule has 0 bridgehead atoms. The second kappa shape index (κ2) is 12.4. The number of pyridine rings is 1. The topological polar surface area (TPSA) is 127 Å². The van der Waals surface area contributed by atoms with Gasteiger partial charge in [0.15, 0.2) is 11.5 Å². The van der Waals surface area contributed by atoms with Gasteiger partial charge in [-0.05, 0) is 80.1 Å². The molecule has 1 saturated heterocycles. The molecule has 0 radical (unpaired) electrons. The van der Waals surface area contributed by atoms with Gasteiger partial charge in [0.25, 0.3) is 0 Å². The molecule has 0 spiro atoms. The first-order valence-electron chi connectivity index (χ1n) is 14.2. The Balaban J connectivity index is 1.58. The van der Waals surface area contributed by atoms with Crippen molar-refractivity contribution in [3.05, 3.63) is 90.1 Å². The summed E-state index contributed by atoms with van der Waals surface area (Å²) in [4.78, 5) is 32.7. The van der Waals surface area contributed by atoms with Crippen LogP contribution < -0.4 is 20.5 Å². The van der Waals surface area contributed by atoms with E-state index in [1.807, 2.05) is 93.6 Å². The number of carboxylic acid groups (broad SMARTS) is 1. The number of hydrogen-bond donors (Lipinski definition) is 3. The minimum absolute atomic E-state index is 0.0608. The summed E-state index contributed by atoms with van der Waals surface area (Å²) >= 11 is 0. The van der Waals surface area contributed by atoms with Gasteiger partial charge in [-0.2, -0.15) is 0 Å². The highest BCUT2D eigenvalue weighted by molar-refractivity contribution is 5.94. The molecule has 1 aliphatic rings. The van der Waals surface area contributed by atoms with Crippen molar-refractivity contribution in [2.45, 2.75) is 45.4 Å². The van der Waals surface area contributed by atoms with Crippen LogP contribution in [-0.2, 0) is 9.59 Å². The molecule has 42 heavy (non-hydrogen) atoms. The van der Waals surface area contributed by atoms with Crippen molar-refractivity contribution in [1.29, 1.82) is 0 Å². The summed E-state index contributed by atoms with van der Waals surface area (Å²) in [6, 6.07) is 20.9. The van der Waals surface area contributed by atoms with E-state index in [9.17, 15) is 14.7 Å². The van der Waals surface area contributed by atoms with Crippen LogP contribution in [0.3, 0.4) is 0 Å². The minimum Gasteiger partial charge on any atom is -0.490 e.